The predicted octanol–water partition coefficient (Wildman–Crippen LogP) is 3.07. The number of nitrogens with two attached hydrogens (primary N) is 1. The molecule has 16 heavy (non-hydrogen) atoms. The summed E-state index contributed by atoms with van der Waals surface area (Å²) >= 11 is 0. The highest BCUT2D eigenvalue weighted by molar-refractivity contribution is 5.99. The Hall–Kier alpha value is -1.51. The number of nitrogens with one attached hydrogen (secondary N) is 1. The Labute approximate surface area is 97.0 Å². The summed E-state index contributed by atoms with van der Waals surface area (Å²) in [7, 11) is 0. The molecule has 1 aromatic carbocycles. The van der Waals surface area contributed by atoms with Crippen LogP contribution < -0.4 is 11.1 Å². The van der Waals surface area contributed by atoms with Gasteiger partial charge in [-0.15, -0.1) is 0 Å². The van der Waals surface area contributed by atoms with Crippen LogP contribution in [-0.4, -0.2) is 12.3 Å². The van der Waals surface area contributed by atoms with Gasteiger partial charge in [-0.3, -0.25) is 4.79 Å². The second-order valence-electron chi connectivity index (χ2n) is 3.99. The lowest BCUT2D eigenvalue weighted by Gasteiger charge is -2.08. The highest BCUT2D eigenvalue weighted by atomic mass is 16.1. The van der Waals surface area contributed by atoms with Crippen molar-refractivity contribution in [1.82, 2.24) is 0 Å². The van der Waals surface area contributed by atoms with Crippen LogP contribution in [0.5, 0.6) is 0 Å². The van der Waals surface area contributed by atoms with Crippen LogP contribution in [0.15, 0.2) is 18.2 Å². The van der Waals surface area contributed by atoms with Gasteiger partial charge >= 0.3 is 0 Å². The van der Waals surface area contributed by atoms with E-state index >= 15 is 0 Å². The standard InChI is InChI=1S/C13H20N2O/c1-3-4-5-8-15-11-6-7-12(10(2)16)13(14)9-11/h6-7,9,15H,3-5,8,14H2,1-2H3. The Bertz CT molecular complexity index is 361. The third-order valence-corrected chi connectivity index (χ3v) is 2.54. The molecular formula is C13H20N2O. The van der Waals surface area contributed by atoms with Crippen LogP contribution >= 0.6 is 0 Å². The second-order valence-corrected chi connectivity index (χ2v) is 3.99. The zero-order valence-corrected chi connectivity index (χ0v) is 10.0. The molecule has 1 aromatic rings. The number of nitrogen functional groups attached to an aromatic ring is 1. The Morgan fingerprint density at radius 2 is 2.12 bits per heavy atom. The molecule has 0 aliphatic rings. The van der Waals surface area contributed by atoms with Crippen molar-refractivity contribution in [2.45, 2.75) is 33.1 Å². The Kier molecular flexibility index (Phi) is 4.83. The molecule has 0 spiro atoms. The van der Waals surface area contributed by atoms with E-state index in [9.17, 15) is 4.79 Å². The van der Waals surface area contributed by atoms with Crippen LogP contribution in [0.3, 0.4) is 0 Å². The van der Waals surface area contributed by atoms with Crippen LogP contribution in [0.1, 0.15) is 43.5 Å². The fourth-order valence-electron chi connectivity index (χ4n) is 1.60. The highest BCUT2D eigenvalue weighted by Gasteiger charge is 2.04. The summed E-state index contributed by atoms with van der Waals surface area (Å²) in [5.74, 6) is 0.00929. The zero-order valence-electron chi connectivity index (χ0n) is 10.0. The maximum Gasteiger partial charge on any atom is 0.161 e. The molecule has 0 saturated heterocycles. The molecule has 0 aliphatic carbocycles. The van der Waals surface area contributed by atoms with Gasteiger partial charge in [0.25, 0.3) is 0 Å². The maximum absolute atomic E-state index is 11.2. The molecule has 0 aromatic heterocycles. The Morgan fingerprint density at radius 3 is 2.69 bits per heavy atom. The van der Waals surface area contributed by atoms with Crippen molar-refractivity contribution in [3.8, 4) is 0 Å². The predicted molar refractivity (Wildman–Crippen MR) is 68.9 cm³/mol. The number of carbonyl (C=O) groups excluding carboxylic acids is 1. The molecule has 0 atom stereocenters. The average Bonchev–Trinajstić information content (AvgIpc) is 2.24. The molecule has 88 valence electrons. The lowest BCUT2D eigenvalue weighted by molar-refractivity contribution is 0.101. The molecule has 0 fully saturated rings. The number of unbranched alkanes of at least 4 members (excludes halogenated alkanes) is 2. The van der Waals surface area contributed by atoms with Gasteiger partial charge in [0, 0.05) is 23.5 Å². The first kappa shape index (κ1) is 12.6. The number of ketones is 1. The van der Waals surface area contributed by atoms with Crippen molar-refractivity contribution < 1.29 is 4.79 Å². The summed E-state index contributed by atoms with van der Waals surface area (Å²) in [6.07, 6.45) is 3.60. The van der Waals surface area contributed by atoms with Gasteiger partial charge < -0.3 is 11.1 Å². The van der Waals surface area contributed by atoms with E-state index in [4.69, 9.17) is 5.73 Å². The number of anilines is 2. The van der Waals surface area contributed by atoms with Crippen molar-refractivity contribution in [2.75, 3.05) is 17.6 Å². The quantitative estimate of drug-likeness (QED) is 0.440. The molecule has 3 N–H and O–H groups in total. The van der Waals surface area contributed by atoms with Crippen molar-refractivity contribution in [3.63, 3.8) is 0 Å². The molecule has 0 radical (unpaired) electrons. The van der Waals surface area contributed by atoms with Crippen molar-refractivity contribution >= 4 is 17.2 Å². The minimum atomic E-state index is 0.00929. The monoisotopic (exact) mass is 220 g/mol. The largest absolute Gasteiger partial charge is 0.398 e. The van der Waals surface area contributed by atoms with Gasteiger partial charge in [0.2, 0.25) is 0 Å². The summed E-state index contributed by atoms with van der Waals surface area (Å²) in [6, 6.07) is 5.50. The summed E-state index contributed by atoms with van der Waals surface area (Å²) in [4.78, 5) is 11.2. The number of hydrogen-bond donors (Lipinski definition) is 2. The third-order valence-electron chi connectivity index (χ3n) is 2.54. The number of rotatable bonds is 6. The molecule has 0 bridgehead atoms. The minimum absolute atomic E-state index is 0.00929. The molecular weight excluding hydrogens is 200 g/mol. The van der Waals surface area contributed by atoms with Gasteiger partial charge in [0.05, 0.1) is 0 Å². The summed E-state index contributed by atoms with van der Waals surface area (Å²) in [5.41, 5.74) is 7.92. The maximum atomic E-state index is 11.2. The van der Waals surface area contributed by atoms with E-state index < -0.39 is 0 Å². The van der Waals surface area contributed by atoms with E-state index in [-0.39, 0.29) is 5.78 Å². The van der Waals surface area contributed by atoms with E-state index in [1.807, 2.05) is 12.1 Å². The zero-order chi connectivity index (χ0) is 12.0. The summed E-state index contributed by atoms with van der Waals surface area (Å²) in [6.45, 7) is 4.66. The van der Waals surface area contributed by atoms with Crippen LogP contribution in [-0.2, 0) is 0 Å². The fraction of sp³-hybridized carbons (Fsp3) is 0.462. The summed E-state index contributed by atoms with van der Waals surface area (Å²) in [5, 5.41) is 3.30. The molecule has 0 amide bonds. The van der Waals surface area contributed by atoms with Crippen molar-refractivity contribution in [3.05, 3.63) is 23.8 Å². The highest BCUT2D eigenvalue weighted by Crippen LogP contribution is 2.18. The lowest BCUT2D eigenvalue weighted by atomic mass is 10.1. The first-order chi connectivity index (χ1) is 7.65. The van der Waals surface area contributed by atoms with E-state index in [2.05, 4.69) is 12.2 Å². The topological polar surface area (TPSA) is 55.1 Å². The van der Waals surface area contributed by atoms with Crippen LogP contribution in [0.4, 0.5) is 11.4 Å². The van der Waals surface area contributed by atoms with Gasteiger partial charge in [-0.05, 0) is 31.5 Å². The van der Waals surface area contributed by atoms with Crippen molar-refractivity contribution in [1.29, 1.82) is 0 Å². The Balaban J connectivity index is 2.56. The number of hydrogen-bond acceptors (Lipinski definition) is 3. The van der Waals surface area contributed by atoms with E-state index in [1.54, 1.807) is 6.07 Å². The normalized spacial score (nSPS) is 10.1. The van der Waals surface area contributed by atoms with E-state index in [1.165, 1.54) is 19.8 Å². The molecule has 0 heterocycles. The second kappa shape index (κ2) is 6.16. The van der Waals surface area contributed by atoms with Crippen molar-refractivity contribution in [2.24, 2.45) is 0 Å². The molecule has 3 heteroatoms. The number of carbonyl (C=O) groups is 1. The lowest BCUT2D eigenvalue weighted by Crippen LogP contribution is -2.04. The number of benzene rings is 1. The minimum Gasteiger partial charge on any atom is -0.398 e. The molecule has 0 saturated carbocycles. The van der Waals surface area contributed by atoms with Gasteiger partial charge in [-0.25, -0.2) is 0 Å². The molecule has 1 rings (SSSR count). The molecule has 0 unspecified atom stereocenters. The molecule has 0 aliphatic heterocycles. The van der Waals surface area contributed by atoms with Crippen LogP contribution in [0.25, 0.3) is 0 Å². The van der Waals surface area contributed by atoms with E-state index in [0.717, 1.165) is 18.7 Å². The first-order valence-corrected chi connectivity index (χ1v) is 5.79. The Morgan fingerprint density at radius 1 is 1.38 bits per heavy atom. The van der Waals surface area contributed by atoms with Crippen LogP contribution in [0.2, 0.25) is 0 Å². The fourth-order valence-corrected chi connectivity index (χ4v) is 1.60. The van der Waals surface area contributed by atoms with Crippen LogP contribution in [0, 0.1) is 0 Å². The number of Topliss-reactive ketones (excluding diaryl/α,β-unsaturated/α-hetero) is 1. The SMILES string of the molecule is CCCCCNc1ccc(C(C)=O)c(N)c1. The molecule has 3 nitrogen and oxygen atoms in total. The first-order valence-electron chi connectivity index (χ1n) is 5.79. The van der Waals surface area contributed by atoms with Gasteiger partial charge in [0.15, 0.2) is 5.78 Å². The van der Waals surface area contributed by atoms with Gasteiger partial charge in [-0.2, -0.15) is 0 Å². The van der Waals surface area contributed by atoms with Gasteiger partial charge in [-0.1, -0.05) is 19.8 Å². The average molecular weight is 220 g/mol. The van der Waals surface area contributed by atoms with Gasteiger partial charge in [0.1, 0.15) is 0 Å². The smallest absolute Gasteiger partial charge is 0.161 e. The summed E-state index contributed by atoms with van der Waals surface area (Å²) < 4.78 is 0. The van der Waals surface area contributed by atoms with E-state index in [0.29, 0.717) is 11.3 Å². The third kappa shape index (κ3) is 3.57.